The van der Waals surface area contributed by atoms with Crippen molar-refractivity contribution < 1.29 is 4.79 Å². The van der Waals surface area contributed by atoms with Crippen LogP contribution in [0.4, 0.5) is 0 Å². The molecule has 0 saturated heterocycles. The Balaban J connectivity index is 1.68. The summed E-state index contributed by atoms with van der Waals surface area (Å²) in [6.45, 7) is 3.62. The van der Waals surface area contributed by atoms with Crippen molar-refractivity contribution in [3.63, 3.8) is 0 Å². The van der Waals surface area contributed by atoms with Crippen molar-refractivity contribution in [3.05, 3.63) is 75.8 Å². The summed E-state index contributed by atoms with van der Waals surface area (Å²) in [5, 5.41) is 1.40. The van der Waals surface area contributed by atoms with Crippen LogP contribution < -0.4 is 0 Å². The van der Waals surface area contributed by atoms with E-state index in [1.807, 2.05) is 31.2 Å². The first-order chi connectivity index (χ1) is 11.5. The Morgan fingerprint density at radius 1 is 1.00 bits per heavy atom. The van der Waals surface area contributed by atoms with Gasteiger partial charge in [-0.1, -0.05) is 41.4 Å². The molecule has 0 spiro atoms. The van der Waals surface area contributed by atoms with Gasteiger partial charge in [-0.15, -0.1) is 0 Å². The summed E-state index contributed by atoms with van der Waals surface area (Å²) in [6.07, 6.45) is 3.14. The normalized spacial score (nSPS) is 16.5. The third-order valence-electron chi connectivity index (χ3n) is 4.51. The van der Waals surface area contributed by atoms with Gasteiger partial charge in [0, 0.05) is 28.7 Å². The second-order valence-corrected chi connectivity index (χ2v) is 6.90. The van der Waals surface area contributed by atoms with Crippen LogP contribution >= 0.6 is 23.2 Å². The second-order valence-electron chi connectivity index (χ2n) is 6.03. The molecule has 1 atom stereocenters. The molecule has 2 nitrogen and oxygen atoms in total. The standard InChI is InChI=1S/C20H19Cl2NO/c1-14(20(24)17-4-8-19(22)9-5-17)23-12-10-16(11-13-23)15-2-6-18(21)7-3-15/h2-10,14H,11-13H2,1H3. The number of carbonyl (C=O) groups is 1. The molecule has 0 saturated carbocycles. The molecule has 3 rings (SSSR count). The van der Waals surface area contributed by atoms with Crippen molar-refractivity contribution in [1.29, 1.82) is 0 Å². The van der Waals surface area contributed by atoms with Crippen LogP contribution in [0.3, 0.4) is 0 Å². The first-order valence-electron chi connectivity index (χ1n) is 8.03. The van der Waals surface area contributed by atoms with E-state index in [1.54, 1.807) is 24.3 Å². The van der Waals surface area contributed by atoms with Gasteiger partial charge >= 0.3 is 0 Å². The second kappa shape index (κ2) is 7.52. The van der Waals surface area contributed by atoms with Crippen molar-refractivity contribution in [2.45, 2.75) is 19.4 Å². The fourth-order valence-corrected chi connectivity index (χ4v) is 3.24. The number of halogens is 2. The van der Waals surface area contributed by atoms with Crippen LogP contribution in [-0.2, 0) is 0 Å². The van der Waals surface area contributed by atoms with Crippen LogP contribution in [0, 0.1) is 0 Å². The SMILES string of the molecule is CC(C(=O)c1ccc(Cl)cc1)N1CC=C(c2ccc(Cl)cc2)CC1. The molecule has 2 aromatic carbocycles. The quantitative estimate of drug-likeness (QED) is 0.685. The molecule has 0 fully saturated rings. The molecular weight excluding hydrogens is 341 g/mol. The Labute approximate surface area is 152 Å². The molecule has 2 aromatic rings. The Kier molecular flexibility index (Phi) is 5.40. The van der Waals surface area contributed by atoms with Gasteiger partial charge in [0.05, 0.1) is 6.04 Å². The monoisotopic (exact) mass is 359 g/mol. The lowest BCUT2D eigenvalue weighted by molar-refractivity contribution is 0.0852. The smallest absolute Gasteiger partial charge is 0.179 e. The van der Waals surface area contributed by atoms with Gasteiger partial charge in [-0.2, -0.15) is 0 Å². The van der Waals surface area contributed by atoms with E-state index < -0.39 is 0 Å². The Hall–Kier alpha value is -1.61. The average Bonchev–Trinajstić information content (AvgIpc) is 2.62. The molecule has 24 heavy (non-hydrogen) atoms. The third-order valence-corrected chi connectivity index (χ3v) is 5.02. The number of carbonyl (C=O) groups excluding carboxylic acids is 1. The largest absolute Gasteiger partial charge is 0.292 e. The Bertz CT molecular complexity index is 750. The third kappa shape index (κ3) is 3.89. The van der Waals surface area contributed by atoms with Crippen LogP contribution in [0.25, 0.3) is 5.57 Å². The highest BCUT2D eigenvalue weighted by Crippen LogP contribution is 2.25. The predicted molar refractivity (Wildman–Crippen MR) is 101 cm³/mol. The van der Waals surface area contributed by atoms with Crippen molar-refractivity contribution in [2.24, 2.45) is 0 Å². The molecule has 124 valence electrons. The minimum atomic E-state index is -0.144. The minimum Gasteiger partial charge on any atom is -0.292 e. The zero-order chi connectivity index (χ0) is 17.1. The van der Waals surface area contributed by atoms with E-state index in [0.29, 0.717) is 10.6 Å². The first-order valence-corrected chi connectivity index (χ1v) is 8.79. The van der Waals surface area contributed by atoms with Gasteiger partial charge in [0.2, 0.25) is 0 Å². The van der Waals surface area contributed by atoms with E-state index in [4.69, 9.17) is 23.2 Å². The van der Waals surface area contributed by atoms with E-state index >= 15 is 0 Å². The summed E-state index contributed by atoms with van der Waals surface area (Å²) in [7, 11) is 0. The molecule has 1 unspecified atom stereocenters. The van der Waals surface area contributed by atoms with Crippen LogP contribution in [0.15, 0.2) is 54.6 Å². The summed E-state index contributed by atoms with van der Waals surface area (Å²) >= 11 is 11.8. The van der Waals surface area contributed by atoms with Crippen LogP contribution in [0.2, 0.25) is 10.0 Å². The Morgan fingerprint density at radius 3 is 2.12 bits per heavy atom. The van der Waals surface area contributed by atoms with Crippen molar-refractivity contribution in [1.82, 2.24) is 4.90 Å². The lowest BCUT2D eigenvalue weighted by atomic mass is 9.97. The van der Waals surface area contributed by atoms with Gasteiger partial charge in [0.1, 0.15) is 0 Å². The fourth-order valence-electron chi connectivity index (χ4n) is 2.98. The van der Waals surface area contributed by atoms with Gasteiger partial charge in [-0.05, 0) is 60.9 Å². The van der Waals surface area contributed by atoms with E-state index in [9.17, 15) is 4.79 Å². The summed E-state index contributed by atoms with van der Waals surface area (Å²) in [4.78, 5) is 14.8. The number of ketones is 1. The lowest BCUT2D eigenvalue weighted by Gasteiger charge is -2.31. The van der Waals surface area contributed by atoms with E-state index in [0.717, 1.165) is 24.5 Å². The maximum Gasteiger partial charge on any atom is 0.179 e. The number of benzene rings is 2. The minimum absolute atomic E-state index is 0.134. The summed E-state index contributed by atoms with van der Waals surface area (Å²) < 4.78 is 0. The van der Waals surface area contributed by atoms with Gasteiger partial charge in [0.15, 0.2) is 5.78 Å². The average molecular weight is 360 g/mol. The molecule has 1 aliphatic heterocycles. The van der Waals surface area contributed by atoms with Crippen LogP contribution in [0.5, 0.6) is 0 Å². The number of rotatable bonds is 4. The van der Waals surface area contributed by atoms with E-state index in [1.165, 1.54) is 11.1 Å². The van der Waals surface area contributed by atoms with Crippen molar-refractivity contribution >= 4 is 34.6 Å². The summed E-state index contributed by atoms with van der Waals surface area (Å²) in [5.74, 6) is 0.134. The van der Waals surface area contributed by atoms with Crippen molar-refractivity contribution in [2.75, 3.05) is 13.1 Å². The van der Waals surface area contributed by atoms with Crippen LogP contribution in [-0.4, -0.2) is 29.8 Å². The molecule has 0 radical (unpaired) electrons. The predicted octanol–water partition coefficient (Wildman–Crippen LogP) is 5.35. The molecule has 1 heterocycles. The highest BCUT2D eigenvalue weighted by molar-refractivity contribution is 6.30. The lowest BCUT2D eigenvalue weighted by Crippen LogP contribution is -2.41. The summed E-state index contributed by atoms with van der Waals surface area (Å²) in [5.41, 5.74) is 3.23. The van der Waals surface area contributed by atoms with Crippen molar-refractivity contribution in [3.8, 4) is 0 Å². The molecule has 0 N–H and O–H groups in total. The topological polar surface area (TPSA) is 20.3 Å². The van der Waals surface area contributed by atoms with E-state index in [2.05, 4.69) is 11.0 Å². The molecule has 0 aliphatic carbocycles. The molecule has 0 bridgehead atoms. The van der Waals surface area contributed by atoms with Gasteiger partial charge in [-0.25, -0.2) is 0 Å². The fraction of sp³-hybridized carbons (Fsp3) is 0.250. The maximum atomic E-state index is 12.6. The zero-order valence-corrected chi connectivity index (χ0v) is 15.0. The zero-order valence-electron chi connectivity index (χ0n) is 13.5. The molecule has 1 aliphatic rings. The van der Waals surface area contributed by atoms with Crippen LogP contribution in [0.1, 0.15) is 29.3 Å². The maximum absolute atomic E-state index is 12.6. The number of nitrogens with zero attached hydrogens (tertiary/aromatic N) is 1. The number of hydrogen-bond acceptors (Lipinski definition) is 2. The van der Waals surface area contributed by atoms with Gasteiger partial charge in [-0.3, -0.25) is 9.69 Å². The molecule has 4 heteroatoms. The molecular formula is C20H19Cl2NO. The van der Waals surface area contributed by atoms with Gasteiger partial charge in [0.25, 0.3) is 0 Å². The highest BCUT2D eigenvalue weighted by atomic mass is 35.5. The highest BCUT2D eigenvalue weighted by Gasteiger charge is 2.24. The molecule has 0 amide bonds. The Morgan fingerprint density at radius 2 is 1.58 bits per heavy atom. The number of Topliss-reactive ketones (excluding diaryl/α,β-unsaturated/α-hetero) is 1. The molecule has 0 aromatic heterocycles. The summed E-state index contributed by atoms with van der Waals surface area (Å²) in [6, 6.07) is 14.9. The number of hydrogen-bond donors (Lipinski definition) is 0. The van der Waals surface area contributed by atoms with E-state index in [-0.39, 0.29) is 11.8 Å². The van der Waals surface area contributed by atoms with Gasteiger partial charge < -0.3 is 0 Å². The first kappa shape index (κ1) is 17.2.